The van der Waals surface area contributed by atoms with E-state index in [9.17, 15) is 0 Å². The molecule has 0 N–H and O–H groups in total. The van der Waals surface area contributed by atoms with Gasteiger partial charge in [-0.25, -0.2) is 0 Å². The maximum absolute atomic E-state index is 6.38. The smallest absolute Gasteiger partial charge is 0.292 e. The summed E-state index contributed by atoms with van der Waals surface area (Å²) in [5.74, 6) is 0.611. The van der Waals surface area contributed by atoms with Crippen LogP contribution in [0.5, 0.6) is 5.75 Å². The highest BCUT2D eigenvalue weighted by Gasteiger charge is 2.39. The first-order valence-electron chi connectivity index (χ1n) is 7.28. The number of rotatable bonds is 7. The standard InChI is InChI=1S/C15H21Cl2NO2/c1-2-3-4-5-6-7-9-15(17)19-13-11-18-10-8-12(13)14(16)20-15/h8,10-11,14H,2-7,9H2,1H3. The van der Waals surface area contributed by atoms with Gasteiger partial charge in [-0.15, -0.1) is 0 Å². The van der Waals surface area contributed by atoms with Crippen molar-refractivity contribution in [2.24, 2.45) is 0 Å². The summed E-state index contributed by atoms with van der Waals surface area (Å²) in [6.07, 6.45) is 11.1. The van der Waals surface area contributed by atoms with Gasteiger partial charge in [-0.05, 0) is 24.1 Å². The molecule has 0 saturated heterocycles. The largest absolute Gasteiger partial charge is 0.446 e. The predicted octanol–water partition coefficient (Wildman–Crippen LogP) is 5.37. The van der Waals surface area contributed by atoms with Crippen LogP contribution in [0.4, 0.5) is 0 Å². The lowest BCUT2D eigenvalue weighted by Crippen LogP contribution is -2.37. The molecule has 0 aliphatic carbocycles. The number of ether oxygens (including phenoxy) is 2. The van der Waals surface area contributed by atoms with E-state index in [1.54, 1.807) is 18.5 Å². The third-order valence-corrected chi connectivity index (χ3v) is 4.11. The van der Waals surface area contributed by atoms with Crippen LogP contribution < -0.4 is 4.74 Å². The topological polar surface area (TPSA) is 31.4 Å². The summed E-state index contributed by atoms with van der Waals surface area (Å²) in [7, 11) is 0. The molecule has 1 aliphatic rings. The molecule has 2 unspecified atom stereocenters. The Morgan fingerprint density at radius 1 is 1.25 bits per heavy atom. The molecule has 0 aromatic carbocycles. The first kappa shape index (κ1) is 15.9. The second-order valence-electron chi connectivity index (χ2n) is 5.13. The Labute approximate surface area is 130 Å². The summed E-state index contributed by atoms with van der Waals surface area (Å²) < 4.78 is 11.3. The molecule has 20 heavy (non-hydrogen) atoms. The first-order chi connectivity index (χ1) is 9.64. The first-order valence-corrected chi connectivity index (χ1v) is 8.10. The Hall–Kier alpha value is -0.510. The minimum Gasteiger partial charge on any atom is -0.446 e. The van der Waals surface area contributed by atoms with E-state index in [2.05, 4.69) is 11.9 Å². The molecule has 1 aliphatic heterocycles. The second kappa shape index (κ2) is 7.48. The fourth-order valence-corrected chi connectivity index (χ4v) is 2.97. The molecule has 0 amide bonds. The van der Waals surface area contributed by atoms with Gasteiger partial charge in [-0.1, -0.05) is 50.6 Å². The van der Waals surface area contributed by atoms with Crippen molar-refractivity contribution in [2.75, 3.05) is 0 Å². The van der Waals surface area contributed by atoms with Crippen LogP contribution in [0, 0.1) is 0 Å². The fraction of sp³-hybridized carbons (Fsp3) is 0.667. The number of hydrogen-bond acceptors (Lipinski definition) is 3. The van der Waals surface area contributed by atoms with Gasteiger partial charge in [0, 0.05) is 18.2 Å². The van der Waals surface area contributed by atoms with E-state index in [-0.39, 0.29) is 0 Å². The van der Waals surface area contributed by atoms with Crippen LogP contribution in [0.15, 0.2) is 18.5 Å². The van der Waals surface area contributed by atoms with Crippen molar-refractivity contribution in [3.8, 4) is 5.75 Å². The number of unbranched alkanes of at least 4 members (excludes halogenated alkanes) is 5. The minimum atomic E-state index is -1.16. The van der Waals surface area contributed by atoms with Gasteiger partial charge in [0.05, 0.1) is 6.20 Å². The maximum Gasteiger partial charge on any atom is 0.292 e. The normalized spacial score (nSPS) is 25.1. The van der Waals surface area contributed by atoms with Gasteiger partial charge < -0.3 is 9.47 Å². The van der Waals surface area contributed by atoms with E-state index in [1.165, 1.54) is 25.7 Å². The lowest BCUT2D eigenvalue weighted by Gasteiger charge is -2.35. The molecule has 0 spiro atoms. The van der Waals surface area contributed by atoms with E-state index < -0.39 is 10.8 Å². The van der Waals surface area contributed by atoms with Gasteiger partial charge in [0.1, 0.15) is 5.75 Å². The van der Waals surface area contributed by atoms with E-state index >= 15 is 0 Å². The number of hydrogen-bond donors (Lipinski definition) is 0. The summed E-state index contributed by atoms with van der Waals surface area (Å²) in [4.78, 5) is 4.03. The Morgan fingerprint density at radius 2 is 2.00 bits per heavy atom. The van der Waals surface area contributed by atoms with Gasteiger partial charge in [-0.2, -0.15) is 0 Å². The minimum absolute atomic E-state index is 0.584. The van der Waals surface area contributed by atoms with Gasteiger partial charge in [0.25, 0.3) is 5.25 Å². The van der Waals surface area contributed by atoms with E-state index in [4.69, 9.17) is 32.7 Å². The zero-order chi connectivity index (χ0) is 14.4. The van der Waals surface area contributed by atoms with E-state index in [1.807, 2.05) is 0 Å². The number of fused-ring (bicyclic) bond motifs is 1. The van der Waals surface area contributed by atoms with Crippen LogP contribution in [-0.2, 0) is 4.74 Å². The van der Waals surface area contributed by atoms with Gasteiger partial charge in [0.2, 0.25) is 0 Å². The van der Waals surface area contributed by atoms with Crippen LogP contribution in [0.1, 0.15) is 63.0 Å². The fourth-order valence-electron chi connectivity index (χ4n) is 2.30. The molecule has 0 radical (unpaired) electrons. The van der Waals surface area contributed by atoms with Crippen LogP contribution in [0.25, 0.3) is 0 Å². The van der Waals surface area contributed by atoms with Crippen molar-refractivity contribution in [1.82, 2.24) is 4.98 Å². The molecule has 1 aromatic heterocycles. The van der Waals surface area contributed by atoms with E-state index in [0.717, 1.165) is 18.4 Å². The quantitative estimate of drug-likeness (QED) is 0.500. The summed E-state index contributed by atoms with van der Waals surface area (Å²) in [6.45, 7) is 2.21. The molecular formula is C15H21Cl2NO2. The molecule has 2 atom stereocenters. The number of halogens is 2. The second-order valence-corrected chi connectivity index (χ2v) is 6.10. The highest BCUT2D eigenvalue weighted by molar-refractivity contribution is 6.24. The molecular weight excluding hydrogens is 297 g/mol. The van der Waals surface area contributed by atoms with Crippen molar-refractivity contribution in [1.29, 1.82) is 0 Å². The average Bonchev–Trinajstić information content (AvgIpc) is 2.42. The van der Waals surface area contributed by atoms with Gasteiger partial charge in [-0.3, -0.25) is 4.98 Å². The van der Waals surface area contributed by atoms with Crippen molar-refractivity contribution < 1.29 is 9.47 Å². The maximum atomic E-state index is 6.38. The van der Waals surface area contributed by atoms with Gasteiger partial charge >= 0.3 is 0 Å². The summed E-state index contributed by atoms with van der Waals surface area (Å²) >= 11 is 12.6. The Bertz CT molecular complexity index is 430. The molecule has 1 aromatic rings. The van der Waals surface area contributed by atoms with Crippen LogP contribution >= 0.6 is 23.2 Å². The third kappa shape index (κ3) is 4.24. The molecule has 0 fully saturated rings. The zero-order valence-corrected chi connectivity index (χ0v) is 13.3. The van der Waals surface area contributed by atoms with Crippen LogP contribution in [0.2, 0.25) is 0 Å². The molecule has 3 nitrogen and oxygen atoms in total. The summed E-state index contributed by atoms with van der Waals surface area (Å²) in [5.41, 5.74) is 0.195. The Morgan fingerprint density at radius 3 is 2.80 bits per heavy atom. The van der Waals surface area contributed by atoms with Crippen molar-refractivity contribution in [3.63, 3.8) is 0 Å². The Balaban J connectivity index is 1.83. The molecule has 0 bridgehead atoms. The van der Waals surface area contributed by atoms with Crippen LogP contribution in [-0.4, -0.2) is 10.2 Å². The summed E-state index contributed by atoms with van der Waals surface area (Å²) in [6, 6.07) is 1.79. The van der Waals surface area contributed by atoms with Crippen molar-refractivity contribution in [2.45, 2.75) is 62.7 Å². The number of pyridine rings is 1. The number of alkyl halides is 2. The lowest BCUT2D eigenvalue weighted by atomic mass is 10.1. The average molecular weight is 318 g/mol. The molecule has 5 heteroatoms. The van der Waals surface area contributed by atoms with E-state index in [0.29, 0.717) is 12.2 Å². The number of nitrogens with zero attached hydrogens (tertiary/aromatic N) is 1. The van der Waals surface area contributed by atoms with Gasteiger partial charge in [0.15, 0.2) is 5.56 Å². The highest BCUT2D eigenvalue weighted by Crippen LogP contribution is 2.44. The molecule has 112 valence electrons. The lowest BCUT2D eigenvalue weighted by molar-refractivity contribution is -0.154. The summed E-state index contributed by atoms with van der Waals surface area (Å²) in [5, 5.41) is -1.16. The number of aromatic nitrogens is 1. The predicted molar refractivity (Wildman–Crippen MR) is 81.1 cm³/mol. The van der Waals surface area contributed by atoms with Crippen LogP contribution in [0.3, 0.4) is 0 Å². The molecule has 2 rings (SSSR count). The molecule has 2 heterocycles. The van der Waals surface area contributed by atoms with Crippen molar-refractivity contribution in [3.05, 3.63) is 24.0 Å². The third-order valence-electron chi connectivity index (χ3n) is 3.43. The SMILES string of the molecule is CCCCCCCCC1(Cl)Oc2cnccc2C(Cl)O1. The zero-order valence-electron chi connectivity index (χ0n) is 11.8. The molecule has 0 saturated carbocycles. The highest BCUT2D eigenvalue weighted by atomic mass is 35.5. The monoisotopic (exact) mass is 317 g/mol. The van der Waals surface area contributed by atoms with Crippen molar-refractivity contribution >= 4 is 23.2 Å². The Kier molecular flexibility index (Phi) is 5.94.